The molecule has 2 aliphatic carbocycles. The lowest BCUT2D eigenvalue weighted by Crippen LogP contribution is -2.55. The zero-order valence-corrected chi connectivity index (χ0v) is 23.0. The smallest absolute Gasteiger partial charge is 0.178 e. The van der Waals surface area contributed by atoms with E-state index in [0.29, 0.717) is 41.5 Å². The molecular weight excluding hydrogens is 505 g/mol. The Bertz CT molecular complexity index is 1660. The Morgan fingerprint density at radius 2 is 1.73 bits per heavy atom. The molecule has 0 unspecified atom stereocenters. The predicted octanol–water partition coefficient (Wildman–Crippen LogP) is 6.69. The molecule has 1 spiro atoms. The van der Waals surface area contributed by atoms with E-state index in [-0.39, 0.29) is 28.9 Å². The number of fused-ring (bicyclic) bond motifs is 4. The van der Waals surface area contributed by atoms with Crippen LogP contribution in [-0.4, -0.2) is 39.7 Å². The van der Waals surface area contributed by atoms with Crippen molar-refractivity contribution < 1.29 is 18.7 Å². The highest BCUT2D eigenvalue weighted by Gasteiger charge is 2.58. The second-order valence-electron chi connectivity index (χ2n) is 11.7. The van der Waals surface area contributed by atoms with Crippen LogP contribution in [0.4, 0.5) is 4.39 Å². The van der Waals surface area contributed by atoms with Gasteiger partial charge in [0, 0.05) is 46.8 Å². The monoisotopic (exact) mass is 537 g/mol. The fourth-order valence-corrected chi connectivity index (χ4v) is 7.48. The largest absolute Gasteiger partial charge is 0.347 e. The molecule has 204 valence electrons. The summed E-state index contributed by atoms with van der Waals surface area (Å²) in [5.74, 6) is -0.0258. The fourth-order valence-electron chi connectivity index (χ4n) is 7.48. The molecule has 1 saturated carbocycles. The van der Waals surface area contributed by atoms with Crippen LogP contribution in [0.1, 0.15) is 61.8 Å². The number of ether oxygens (including phenoxy) is 2. The van der Waals surface area contributed by atoms with Crippen LogP contribution in [-0.2, 0) is 21.3 Å². The summed E-state index contributed by atoms with van der Waals surface area (Å²) in [7, 11) is 0. The van der Waals surface area contributed by atoms with E-state index in [0.717, 1.165) is 47.9 Å². The lowest BCUT2D eigenvalue weighted by Gasteiger charge is -2.54. The second-order valence-corrected chi connectivity index (χ2v) is 11.7. The number of ketones is 1. The zero-order valence-electron chi connectivity index (χ0n) is 23.0. The molecule has 3 atom stereocenters. The minimum Gasteiger partial charge on any atom is -0.347 e. The van der Waals surface area contributed by atoms with Gasteiger partial charge in [0.1, 0.15) is 11.5 Å². The van der Waals surface area contributed by atoms with Crippen molar-refractivity contribution in [1.29, 1.82) is 0 Å². The third-order valence-corrected chi connectivity index (χ3v) is 9.58. The van der Waals surface area contributed by atoms with Crippen LogP contribution in [0.3, 0.4) is 0 Å². The van der Waals surface area contributed by atoms with Crippen molar-refractivity contribution in [2.45, 2.75) is 57.7 Å². The van der Waals surface area contributed by atoms with Crippen LogP contribution in [0.2, 0.25) is 0 Å². The van der Waals surface area contributed by atoms with E-state index >= 15 is 4.39 Å². The molecule has 1 aliphatic heterocycles. The number of para-hydroxylation sites is 1. The standard InChI is InChI=1S/C33H32FN3O3/c1-19-25-13-12-23-29(22-9-4-6-10-26(22)34)36-31(24-18-28(20(2)38)35-27-11-7-5-8-21(24)27)37-30(23)32(25,3)14-15-33(19)39-16-17-40-33/h4-11,18-19,25H,12-17H2,1-3H3/t19-,25-,32-/m1/s1. The second kappa shape index (κ2) is 9.25. The number of hydrogen-bond acceptors (Lipinski definition) is 6. The number of Topliss-reactive ketones (excluding diaryl/α,β-unsaturated/α-hetero) is 1. The summed E-state index contributed by atoms with van der Waals surface area (Å²) in [6.07, 6.45) is 3.30. The Morgan fingerprint density at radius 1 is 0.975 bits per heavy atom. The molecule has 0 radical (unpaired) electrons. The molecule has 7 heteroatoms. The predicted molar refractivity (Wildman–Crippen MR) is 150 cm³/mol. The number of rotatable bonds is 3. The van der Waals surface area contributed by atoms with Gasteiger partial charge in [-0.2, -0.15) is 0 Å². The molecule has 0 N–H and O–H groups in total. The molecule has 2 aromatic carbocycles. The SMILES string of the molecule is CC(=O)c1cc(-c2nc(-c3ccccc3F)c3c(n2)[C@]2(C)CCC4(OCCO4)[C@H](C)[C@H]2CC3)c2ccccc2n1. The van der Waals surface area contributed by atoms with Crippen LogP contribution in [0, 0.1) is 17.7 Å². The summed E-state index contributed by atoms with van der Waals surface area (Å²) in [5.41, 5.74) is 4.59. The zero-order chi connectivity index (χ0) is 27.6. The van der Waals surface area contributed by atoms with Gasteiger partial charge in [-0.3, -0.25) is 4.79 Å². The van der Waals surface area contributed by atoms with Gasteiger partial charge in [-0.25, -0.2) is 19.3 Å². The maximum Gasteiger partial charge on any atom is 0.178 e. The van der Waals surface area contributed by atoms with E-state index < -0.39 is 5.79 Å². The van der Waals surface area contributed by atoms with Gasteiger partial charge in [0.25, 0.3) is 0 Å². The van der Waals surface area contributed by atoms with E-state index in [4.69, 9.17) is 19.4 Å². The van der Waals surface area contributed by atoms with Crippen molar-refractivity contribution in [2.24, 2.45) is 11.8 Å². The molecule has 0 amide bonds. The topological polar surface area (TPSA) is 74.2 Å². The highest BCUT2D eigenvalue weighted by atomic mass is 19.1. The first-order valence-electron chi connectivity index (χ1n) is 14.2. The van der Waals surface area contributed by atoms with Crippen LogP contribution in [0.5, 0.6) is 0 Å². The lowest BCUT2D eigenvalue weighted by molar-refractivity contribution is -0.234. The van der Waals surface area contributed by atoms with Crippen molar-refractivity contribution in [3.05, 3.63) is 77.4 Å². The van der Waals surface area contributed by atoms with Crippen molar-refractivity contribution in [2.75, 3.05) is 13.2 Å². The quantitative estimate of drug-likeness (QED) is 0.271. The average Bonchev–Trinajstić information content (AvgIpc) is 3.45. The highest BCUT2D eigenvalue weighted by Crippen LogP contribution is 2.57. The fraction of sp³-hybridized carbons (Fsp3) is 0.394. The molecule has 4 aromatic rings. The summed E-state index contributed by atoms with van der Waals surface area (Å²) in [6, 6.07) is 16.3. The number of aromatic nitrogens is 3. The van der Waals surface area contributed by atoms with Crippen molar-refractivity contribution >= 4 is 16.7 Å². The Labute approximate surface area is 233 Å². The first-order chi connectivity index (χ1) is 19.3. The van der Waals surface area contributed by atoms with Gasteiger partial charge in [0.2, 0.25) is 0 Å². The molecule has 6 nitrogen and oxygen atoms in total. The van der Waals surface area contributed by atoms with Crippen LogP contribution in [0.15, 0.2) is 54.6 Å². The molecule has 0 bridgehead atoms. The van der Waals surface area contributed by atoms with Crippen molar-refractivity contribution in [1.82, 2.24) is 15.0 Å². The number of halogens is 1. The lowest BCUT2D eigenvalue weighted by atomic mass is 9.54. The average molecular weight is 538 g/mol. The van der Waals surface area contributed by atoms with E-state index in [9.17, 15) is 4.79 Å². The minimum atomic E-state index is -0.538. The minimum absolute atomic E-state index is 0.130. The summed E-state index contributed by atoms with van der Waals surface area (Å²) >= 11 is 0. The van der Waals surface area contributed by atoms with Gasteiger partial charge >= 0.3 is 0 Å². The van der Waals surface area contributed by atoms with Crippen LogP contribution >= 0.6 is 0 Å². The summed E-state index contributed by atoms with van der Waals surface area (Å²) < 4.78 is 27.8. The number of benzene rings is 2. The van der Waals surface area contributed by atoms with Gasteiger partial charge in [0.05, 0.1) is 30.1 Å². The number of hydrogen-bond donors (Lipinski definition) is 0. The Balaban J connectivity index is 1.49. The summed E-state index contributed by atoms with van der Waals surface area (Å²) in [6.45, 7) is 7.30. The molecule has 7 rings (SSSR count). The maximum atomic E-state index is 15.3. The number of pyridine rings is 1. The number of nitrogens with zero attached hydrogens (tertiary/aromatic N) is 3. The number of carbonyl (C=O) groups excluding carboxylic acids is 1. The Kier molecular flexibility index (Phi) is 5.88. The van der Waals surface area contributed by atoms with Crippen LogP contribution < -0.4 is 0 Å². The first-order valence-corrected chi connectivity index (χ1v) is 14.2. The molecule has 1 saturated heterocycles. The summed E-state index contributed by atoms with van der Waals surface area (Å²) in [5, 5.41) is 0.855. The molecule has 40 heavy (non-hydrogen) atoms. The molecule has 3 aliphatic rings. The Hall–Kier alpha value is -3.55. The van der Waals surface area contributed by atoms with Gasteiger partial charge in [-0.05, 0) is 49.4 Å². The normalized spacial score (nSPS) is 25.1. The molecule has 3 heterocycles. The molecule has 2 aromatic heterocycles. The van der Waals surface area contributed by atoms with Gasteiger partial charge in [-0.1, -0.05) is 44.2 Å². The van der Waals surface area contributed by atoms with Crippen LogP contribution in [0.25, 0.3) is 33.5 Å². The molecular formula is C33H32FN3O3. The van der Waals surface area contributed by atoms with E-state index in [1.807, 2.05) is 30.3 Å². The highest BCUT2D eigenvalue weighted by molar-refractivity contribution is 6.00. The van der Waals surface area contributed by atoms with Gasteiger partial charge in [-0.15, -0.1) is 0 Å². The maximum absolute atomic E-state index is 15.3. The van der Waals surface area contributed by atoms with E-state index in [1.165, 1.54) is 13.0 Å². The van der Waals surface area contributed by atoms with Crippen molar-refractivity contribution in [3.8, 4) is 22.6 Å². The van der Waals surface area contributed by atoms with E-state index in [2.05, 4.69) is 18.8 Å². The van der Waals surface area contributed by atoms with Gasteiger partial charge < -0.3 is 9.47 Å². The Morgan fingerprint density at radius 3 is 2.50 bits per heavy atom. The molecule has 2 fully saturated rings. The first kappa shape index (κ1) is 25.4. The third-order valence-electron chi connectivity index (χ3n) is 9.58. The summed E-state index contributed by atoms with van der Waals surface area (Å²) in [4.78, 5) is 27.4. The number of carbonyl (C=O) groups is 1. The van der Waals surface area contributed by atoms with Gasteiger partial charge in [0.15, 0.2) is 17.4 Å². The third kappa shape index (κ3) is 3.75. The van der Waals surface area contributed by atoms with E-state index in [1.54, 1.807) is 18.2 Å². The van der Waals surface area contributed by atoms with Crippen molar-refractivity contribution in [3.63, 3.8) is 0 Å².